The number of carbonyl (C=O) groups is 2. The molecule has 5 nitrogen and oxygen atoms in total. The van der Waals surface area contributed by atoms with Gasteiger partial charge in [-0.1, -0.05) is 6.92 Å². The van der Waals surface area contributed by atoms with Gasteiger partial charge in [-0.05, 0) is 70.7 Å². The van der Waals surface area contributed by atoms with Crippen LogP contribution in [0.25, 0.3) is 0 Å². The third kappa shape index (κ3) is 5.48. The van der Waals surface area contributed by atoms with Gasteiger partial charge in [0.1, 0.15) is 0 Å². The van der Waals surface area contributed by atoms with Crippen LogP contribution in [0.4, 0.5) is 5.69 Å². The molecule has 1 saturated heterocycles. The summed E-state index contributed by atoms with van der Waals surface area (Å²) in [6.45, 7) is 9.32. The Balaban J connectivity index is 1.88. The molecular formula is C20H31N3O2. The number of amides is 2. The molecule has 1 unspecified atom stereocenters. The van der Waals surface area contributed by atoms with E-state index in [4.69, 9.17) is 0 Å². The number of piperidine rings is 1. The van der Waals surface area contributed by atoms with E-state index in [1.54, 1.807) is 12.1 Å². The third-order valence-electron chi connectivity index (χ3n) is 5.05. The molecule has 138 valence electrons. The van der Waals surface area contributed by atoms with Crippen LogP contribution in [0.3, 0.4) is 0 Å². The first kappa shape index (κ1) is 19.3. The van der Waals surface area contributed by atoms with Gasteiger partial charge >= 0.3 is 0 Å². The van der Waals surface area contributed by atoms with Crippen molar-refractivity contribution in [3.63, 3.8) is 0 Å². The predicted molar refractivity (Wildman–Crippen MR) is 102 cm³/mol. The summed E-state index contributed by atoms with van der Waals surface area (Å²) < 4.78 is 0. The van der Waals surface area contributed by atoms with E-state index < -0.39 is 0 Å². The number of hydrogen-bond donors (Lipinski definition) is 2. The second-order valence-electron chi connectivity index (χ2n) is 7.55. The number of nitrogens with zero attached hydrogens (tertiary/aromatic N) is 1. The molecule has 0 aliphatic carbocycles. The van der Waals surface area contributed by atoms with Crippen molar-refractivity contribution in [2.24, 2.45) is 0 Å². The second-order valence-corrected chi connectivity index (χ2v) is 7.55. The summed E-state index contributed by atoms with van der Waals surface area (Å²) in [6.07, 6.45) is 4.25. The first-order chi connectivity index (χ1) is 11.8. The summed E-state index contributed by atoms with van der Waals surface area (Å²) >= 11 is 0. The van der Waals surface area contributed by atoms with Crippen molar-refractivity contribution in [3.8, 4) is 0 Å². The highest BCUT2D eigenvalue weighted by Crippen LogP contribution is 2.17. The first-order valence-corrected chi connectivity index (χ1v) is 9.28. The summed E-state index contributed by atoms with van der Waals surface area (Å²) in [5, 5.41) is 6.18. The van der Waals surface area contributed by atoms with Crippen LogP contribution in [-0.4, -0.2) is 41.4 Å². The van der Waals surface area contributed by atoms with Crippen LogP contribution >= 0.6 is 0 Å². The van der Waals surface area contributed by atoms with Gasteiger partial charge < -0.3 is 15.5 Å². The lowest BCUT2D eigenvalue weighted by Crippen LogP contribution is -2.44. The maximum atomic E-state index is 12.3. The van der Waals surface area contributed by atoms with Gasteiger partial charge in [0.15, 0.2) is 0 Å². The maximum absolute atomic E-state index is 12.3. The van der Waals surface area contributed by atoms with Gasteiger partial charge in [-0.15, -0.1) is 0 Å². The standard InChI is InChI=1S/C20H31N3O2/c1-5-20(3,4)22-19(25)16-9-11-17(12-10-16)21-14-18(24)23-13-7-6-8-15(23)2/h9-12,15,21H,5-8,13-14H2,1-4H3,(H,22,25). The smallest absolute Gasteiger partial charge is 0.251 e. The molecule has 0 radical (unpaired) electrons. The molecule has 1 atom stereocenters. The number of rotatable bonds is 6. The Hall–Kier alpha value is -2.04. The van der Waals surface area contributed by atoms with E-state index in [-0.39, 0.29) is 17.4 Å². The van der Waals surface area contributed by atoms with Crippen molar-refractivity contribution < 1.29 is 9.59 Å². The molecule has 25 heavy (non-hydrogen) atoms. The van der Waals surface area contributed by atoms with Crippen molar-refractivity contribution in [1.29, 1.82) is 0 Å². The van der Waals surface area contributed by atoms with Crippen LogP contribution < -0.4 is 10.6 Å². The summed E-state index contributed by atoms with van der Waals surface area (Å²) in [5.41, 5.74) is 1.26. The molecule has 5 heteroatoms. The SMILES string of the molecule is CCC(C)(C)NC(=O)c1ccc(NCC(=O)N2CCCCC2C)cc1. The highest BCUT2D eigenvalue weighted by Gasteiger charge is 2.22. The van der Waals surface area contributed by atoms with Crippen molar-refractivity contribution in [2.75, 3.05) is 18.4 Å². The highest BCUT2D eigenvalue weighted by molar-refractivity contribution is 5.95. The lowest BCUT2D eigenvalue weighted by Gasteiger charge is -2.33. The Morgan fingerprint density at radius 2 is 1.88 bits per heavy atom. The molecule has 2 rings (SSSR count). The van der Waals surface area contributed by atoms with Gasteiger partial charge in [0.05, 0.1) is 6.54 Å². The van der Waals surface area contributed by atoms with E-state index in [0.717, 1.165) is 31.5 Å². The van der Waals surface area contributed by atoms with Crippen molar-refractivity contribution >= 4 is 17.5 Å². The van der Waals surface area contributed by atoms with E-state index in [1.807, 2.05) is 37.8 Å². The average molecular weight is 345 g/mol. The molecule has 0 saturated carbocycles. The third-order valence-corrected chi connectivity index (χ3v) is 5.05. The molecule has 1 heterocycles. The van der Waals surface area contributed by atoms with E-state index >= 15 is 0 Å². The zero-order valence-corrected chi connectivity index (χ0v) is 15.9. The Morgan fingerprint density at radius 3 is 2.48 bits per heavy atom. The largest absolute Gasteiger partial charge is 0.376 e. The molecule has 0 spiro atoms. The first-order valence-electron chi connectivity index (χ1n) is 9.28. The van der Waals surface area contributed by atoms with E-state index in [1.165, 1.54) is 6.42 Å². The van der Waals surface area contributed by atoms with Gasteiger partial charge in [0.2, 0.25) is 5.91 Å². The molecule has 1 fully saturated rings. The Morgan fingerprint density at radius 1 is 1.20 bits per heavy atom. The average Bonchev–Trinajstić information content (AvgIpc) is 2.60. The lowest BCUT2D eigenvalue weighted by atomic mass is 10.0. The van der Waals surface area contributed by atoms with Gasteiger partial charge in [0, 0.05) is 29.4 Å². The monoisotopic (exact) mass is 345 g/mol. The minimum Gasteiger partial charge on any atom is -0.376 e. The fraction of sp³-hybridized carbons (Fsp3) is 0.600. The molecule has 2 amide bonds. The molecule has 1 aromatic rings. The van der Waals surface area contributed by atoms with Gasteiger partial charge in [-0.25, -0.2) is 0 Å². The van der Waals surface area contributed by atoms with Crippen molar-refractivity contribution in [1.82, 2.24) is 10.2 Å². The fourth-order valence-corrected chi connectivity index (χ4v) is 2.96. The number of benzene rings is 1. The molecular weight excluding hydrogens is 314 g/mol. The molecule has 1 aliphatic rings. The molecule has 0 aromatic heterocycles. The minimum absolute atomic E-state index is 0.0726. The van der Waals surface area contributed by atoms with Gasteiger partial charge in [0.25, 0.3) is 5.91 Å². The zero-order valence-electron chi connectivity index (χ0n) is 15.9. The van der Waals surface area contributed by atoms with Crippen LogP contribution in [0.2, 0.25) is 0 Å². The zero-order chi connectivity index (χ0) is 18.4. The number of anilines is 1. The van der Waals surface area contributed by atoms with Crippen LogP contribution in [-0.2, 0) is 4.79 Å². The molecule has 0 bridgehead atoms. The molecule has 1 aliphatic heterocycles. The Kier molecular flexibility index (Phi) is 6.45. The molecule has 2 N–H and O–H groups in total. The predicted octanol–water partition coefficient (Wildman–Crippen LogP) is 3.42. The van der Waals surface area contributed by atoms with Crippen LogP contribution in [0.1, 0.15) is 63.7 Å². The van der Waals surface area contributed by atoms with Crippen LogP contribution in [0, 0.1) is 0 Å². The highest BCUT2D eigenvalue weighted by atomic mass is 16.2. The van der Waals surface area contributed by atoms with Crippen molar-refractivity contribution in [3.05, 3.63) is 29.8 Å². The van der Waals surface area contributed by atoms with E-state index in [9.17, 15) is 9.59 Å². The fourth-order valence-electron chi connectivity index (χ4n) is 2.96. The van der Waals surface area contributed by atoms with E-state index in [2.05, 4.69) is 17.6 Å². The van der Waals surface area contributed by atoms with Crippen LogP contribution in [0.15, 0.2) is 24.3 Å². The number of hydrogen-bond acceptors (Lipinski definition) is 3. The number of likely N-dealkylation sites (tertiary alicyclic amines) is 1. The summed E-state index contributed by atoms with van der Waals surface area (Å²) in [4.78, 5) is 26.6. The van der Waals surface area contributed by atoms with Gasteiger partial charge in [-0.2, -0.15) is 0 Å². The Bertz CT molecular complexity index is 595. The summed E-state index contributed by atoms with van der Waals surface area (Å²) in [5.74, 6) is 0.0651. The second kappa shape index (κ2) is 8.37. The summed E-state index contributed by atoms with van der Waals surface area (Å²) in [7, 11) is 0. The molecule has 1 aromatic carbocycles. The van der Waals surface area contributed by atoms with E-state index in [0.29, 0.717) is 18.2 Å². The minimum atomic E-state index is -0.217. The topological polar surface area (TPSA) is 61.4 Å². The normalized spacial score (nSPS) is 17.9. The lowest BCUT2D eigenvalue weighted by molar-refractivity contribution is -0.132. The van der Waals surface area contributed by atoms with Gasteiger partial charge in [-0.3, -0.25) is 9.59 Å². The Labute approximate surface area is 151 Å². The summed E-state index contributed by atoms with van der Waals surface area (Å²) in [6, 6.07) is 7.60. The quantitative estimate of drug-likeness (QED) is 0.830. The number of nitrogens with one attached hydrogen (secondary N) is 2. The van der Waals surface area contributed by atoms with Crippen LogP contribution in [0.5, 0.6) is 0 Å². The number of carbonyl (C=O) groups excluding carboxylic acids is 2. The van der Waals surface area contributed by atoms with Crippen molar-refractivity contribution in [2.45, 2.75) is 65.0 Å². The maximum Gasteiger partial charge on any atom is 0.251 e.